The molecule has 0 saturated heterocycles. The number of nitrogens with zero attached hydrogens (tertiary/aromatic N) is 1. The molecule has 1 N–H and O–H groups in total. The van der Waals surface area contributed by atoms with Gasteiger partial charge in [-0.15, -0.1) is 0 Å². The zero-order chi connectivity index (χ0) is 14.3. The Morgan fingerprint density at radius 3 is 2.79 bits per heavy atom. The van der Waals surface area contributed by atoms with E-state index in [4.69, 9.17) is 10.00 Å². The van der Waals surface area contributed by atoms with Gasteiger partial charge in [-0.25, -0.2) is 0 Å². The van der Waals surface area contributed by atoms with Gasteiger partial charge in [-0.1, -0.05) is 12.1 Å². The van der Waals surface area contributed by atoms with Gasteiger partial charge in [0, 0.05) is 12.1 Å². The monoisotopic (exact) mass is 324 g/mol. The molecular weight excluding hydrogens is 304 g/mol. The summed E-state index contributed by atoms with van der Waals surface area (Å²) < 4.78 is 6.84. The molecule has 0 aliphatic rings. The van der Waals surface area contributed by atoms with Crippen molar-refractivity contribution in [2.45, 2.75) is 33.2 Å². The summed E-state index contributed by atoms with van der Waals surface area (Å²) in [5.41, 5.74) is 0.863. The molecule has 3 nitrogen and oxygen atoms in total. The van der Waals surface area contributed by atoms with Gasteiger partial charge in [0.15, 0.2) is 0 Å². The second kappa shape index (κ2) is 7.52. The van der Waals surface area contributed by atoms with E-state index in [0.29, 0.717) is 6.61 Å². The molecule has 4 heteroatoms. The molecule has 104 valence electrons. The van der Waals surface area contributed by atoms with Crippen LogP contribution in [-0.4, -0.2) is 13.7 Å². The minimum Gasteiger partial charge on any atom is -0.492 e. The lowest BCUT2D eigenvalue weighted by molar-refractivity contribution is 0.280. The number of hydrogen-bond donors (Lipinski definition) is 1. The van der Waals surface area contributed by atoms with E-state index < -0.39 is 0 Å². The first-order valence-corrected chi connectivity index (χ1v) is 7.25. The minimum absolute atomic E-state index is 0.273. The van der Waals surface area contributed by atoms with Crippen molar-refractivity contribution in [3.05, 3.63) is 28.2 Å². The van der Waals surface area contributed by atoms with E-state index in [1.807, 2.05) is 33.0 Å². The van der Waals surface area contributed by atoms with Gasteiger partial charge in [0.05, 0.1) is 22.6 Å². The fourth-order valence-electron chi connectivity index (χ4n) is 1.79. The summed E-state index contributed by atoms with van der Waals surface area (Å²) in [6, 6.07) is 8.34. The Hall–Kier alpha value is -1.05. The number of nitriles is 1. The number of hydrogen-bond acceptors (Lipinski definition) is 3. The third-order valence-electron chi connectivity index (χ3n) is 2.91. The van der Waals surface area contributed by atoms with Crippen LogP contribution in [0.1, 0.15) is 32.3 Å². The van der Waals surface area contributed by atoms with Crippen LogP contribution in [0.3, 0.4) is 0 Å². The molecule has 1 aromatic carbocycles. The minimum atomic E-state index is -0.273. The Labute approximate surface area is 124 Å². The lowest BCUT2D eigenvalue weighted by atomic mass is 9.90. The Kier molecular flexibility index (Phi) is 6.33. The third kappa shape index (κ3) is 5.22. The molecule has 0 radical (unpaired) electrons. The van der Waals surface area contributed by atoms with Crippen LogP contribution in [0.5, 0.6) is 5.75 Å². The third-order valence-corrected chi connectivity index (χ3v) is 3.54. The Morgan fingerprint density at radius 1 is 1.42 bits per heavy atom. The zero-order valence-electron chi connectivity index (χ0n) is 11.8. The average Bonchev–Trinajstić information content (AvgIpc) is 2.37. The van der Waals surface area contributed by atoms with Crippen molar-refractivity contribution < 1.29 is 4.74 Å². The SMILES string of the molecule is CNCc1cccc(Br)c1OCCCC(C)(C)C#N. The predicted octanol–water partition coefficient (Wildman–Crippen LogP) is 3.88. The van der Waals surface area contributed by atoms with Gasteiger partial charge in [-0.2, -0.15) is 5.26 Å². The van der Waals surface area contributed by atoms with Crippen LogP contribution in [-0.2, 0) is 6.54 Å². The summed E-state index contributed by atoms with van der Waals surface area (Å²) in [6.45, 7) is 5.32. The Bertz CT molecular complexity index is 452. The molecule has 0 heterocycles. The van der Waals surface area contributed by atoms with Crippen LogP contribution in [0.15, 0.2) is 22.7 Å². The van der Waals surface area contributed by atoms with Crippen LogP contribution in [0.2, 0.25) is 0 Å². The van der Waals surface area contributed by atoms with Gasteiger partial charge in [-0.05, 0) is 55.7 Å². The van der Waals surface area contributed by atoms with Crippen LogP contribution in [0, 0.1) is 16.7 Å². The predicted molar refractivity (Wildman–Crippen MR) is 81.0 cm³/mol. The van der Waals surface area contributed by atoms with Gasteiger partial charge in [0.1, 0.15) is 5.75 Å². The van der Waals surface area contributed by atoms with Crippen LogP contribution >= 0.6 is 15.9 Å². The summed E-state index contributed by atoms with van der Waals surface area (Å²) in [4.78, 5) is 0. The van der Waals surface area contributed by atoms with Gasteiger partial charge < -0.3 is 10.1 Å². The molecule has 0 aliphatic heterocycles. The van der Waals surface area contributed by atoms with E-state index in [0.717, 1.165) is 35.2 Å². The quantitative estimate of drug-likeness (QED) is 0.774. The highest BCUT2D eigenvalue weighted by atomic mass is 79.9. The standard InChI is InChI=1S/C15H21BrN2O/c1-15(2,11-17)8-5-9-19-14-12(10-18-3)6-4-7-13(14)16/h4,6-7,18H,5,8-10H2,1-3H3. The lowest BCUT2D eigenvalue weighted by Crippen LogP contribution is -2.11. The molecule has 0 fully saturated rings. The zero-order valence-corrected chi connectivity index (χ0v) is 13.4. The highest BCUT2D eigenvalue weighted by Crippen LogP contribution is 2.29. The molecule has 0 aliphatic carbocycles. The van der Waals surface area contributed by atoms with Gasteiger partial charge >= 0.3 is 0 Å². The van der Waals surface area contributed by atoms with Crippen molar-refractivity contribution in [1.82, 2.24) is 5.32 Å². The maximum Gasteiger partial charge on any atom is 0.137 e. The molecule has 1 aromatic rings. The largest absolute Gasteiger partial charge is 0.492 e. The molecule has 0 atom stereocenters. The van der Waals surface area contributed by atoms with E-state index in [9.17, 15) is 0 Å². The molecule has 0 unspecified atom stereocenters. The molecule has 0 saturated carbocycles. The maximum atomic E-state index is 8.96. The molecule has 0 aromatic heterocycles. The van der Waals surface area contributed by atoms with E-state index in [-0.39, 0.29) is 5.41 Å². The highest BCUT2D eigenvalue weighted by Gasteiger charge is 2.16. The van der Waals surface area contributed by atoms with Crippen molar-refractivity contribution in [2.24, 2.45) is 5.41 Å². The molecule has 19 heavy (non-hydrogen) atoms. The Morgan fingerprint density at radius 2 is 2.16 bits per heavy atom. The summed E-state index contributed by atoms with van der Waals surface area (Å²) in [7, 11) is 1.92. The number of ether oxygens (including phenoxy) is 1. The summed E-state index contributed by atoms with van der Waals surface area (Å²) >= 11 is 3.52. The van der Waals surface area contributed by atoms with Crippen molar-refractivity contribution in [2.75, 3.05) is 13.7 Å². The first kappa shape index (κ1) is 16.0. The van der Waals surface area contributed by atoms with Crippen molar-refractivity contribution in [3.63, 3.8) is 0 Å². The molecule has 1 rings (SSSR count). The van der Waals surface area contributed by atoms with Gasteiger partial charge in [-0.3, -0.25) is 0 Å². The normalized spacial score (nSPS) is 11.1. The lowest BCUT2D eigenvalue weighted by Gasteiger charge is -2.16. The maximum absolute atomic E-state index is 8.96. The van der Waals surface area contributed by atoms with Crippen LogP contribution in [0.25, 0.3) is 0 Å². The van der Waals surface area contributed by atoms with Gasteiger partial charge in [0.2, 0.25) is 0 Å². The molecule has 0 spiro atoms. The van der Waals surface area contributed by atoms with Crippen LogP contribution in [0.4, 0.5) is 0 Å². The molecule has 0 amide bonds. The van der Waals surface area contributed by atoms with E-state index in [2.05, 4.69) is 33.4 Å². The van der Waals surface area contributed by atoms with E-state index in [1.54, 1.807) is 0 Å². The number of rotatable bonds is 7. The number of benzene rings is 1. The number of halogens is 1. The number of nitrogens with one attached hydrogen (secondary N) is 1. The van der Waals surface area contributed by atoms with Gasteiger partial charge in [0.25, 0.3) is 0 Å². The Balaban J connectivity index is 2.56. The second-order valence-corrected chi connectivity index (χ2v) is 6.06. The smallest absolute Gasteiger partial charge is 0.137 e. The second-order valence-electron chi connectivity index (χ2n) is 5.21. The average molecular weight is 325 g/mol. The van der Waals surface area contributed by atoms with Crippen molar-refractivity contribution in [1.29, 1.82) is 5.26 Å². The van der Waals surface area contributed by atoms with E-state index in [1.165, 1.54) is 0 Å². The van der Waals surface area contributed by atoms with Crippen molar-refractivity contribution >= 4 is 15.9 Å². The molecular formula is C15H21BrN2O. The number of para-hydroxylation sites is 1. The summed E-state index contributed by atoms with van der Waals surface area (Å²) in [6.07, 6.45) is 1.72. The topological polar surface area (TPSA) is 45.0 Å². The summed E-state index contributed by atoms with van der Waals surface area (Å²) in [5, 5.41) is 12.1. The summed E-state index contributed by atoms with van der Waals surface area (Å²) in [5.74, 6) is 0.895. The van der Waals surface area contributed by atoms with Crippen molar-refractivity contribution in [3.8, 4) is 11.8 Å². The first-order chi connectivity index (χ1) is 9.00. The fourth-order valence-corrected chi connectivity index (χ4v) is 2.31. The molecule has 0 bridgehead atoms. The van der Waals surface area contributed by atoms with E-state index >= 15 is 0 Å². The fraction of sp³-hybridized carbons (Fsp3) is 0.533. The first-order valence-electron chi connectivity index (χ1n) is 6.46. The van der Waals surface area contributed by atoms with Crippen LogP contribution < -0.4 is 10.1 Å². The highest BCUT2D eigenvalue weighted by molar-refractivity contribution is 9.10.